The molecule has 0 radical (unpaired) electrons. The molecule has 0 saturated heterocycles. The summed E-state index contributed by atoms with van der Waals surface area (Å²) in [5.74, 6) is 0.0434. The maximum absolute atomic E-state index is 11.6. The first-order valence-electron chi connectivity index (χ1n) is 4.46. The van der Waals surface area contributed by atoms with Crippen LogP contribution in [-0.4, -0.2) is 9.55 Å². The summed E-state index contributed by atoms with van der Waals surface area (Å²) >= 11 is 5.94. The molecule has 0 unspecified atom stereocenters. The topological polar surface area (TPSA) is 80.9 Å². The zero-order valence-electron chi connectivity index (χ0n) is 8.11. The quantitative estimate of drug-likeness (QED) is 0.768. The van der Waals surface area contributed by atoms with Crippen LogP contribution in [0.15, 0.2) is 39.9 Å². The van der Waals surface area contributed by atoms with Crippen molar-refractivity contribution in [2.24, 2.45) is 0 Å². The third-order valence-electron chi connectivity index (χ3n) is 2.06. The van der Waals surface area contributed by atoms with E-state index in [0.29, 0.717) is 10.7 Å². The molecule has 1 aromatic carbocycles. The molecule has 6 heteroatoms. The Morgan fingerprint density at radius 3 is 2.56 bits per heavy atom. The fourth-order valence-electron chi connectivity index (χ4n) is 1.40. The highest BCUT2D eigenvalue weighted by molar-refractivity contribution is 6.32. The first kappa shape index (κ1) is 10.5. The van der Waals surface area contributed by atoms with Gasteiger partial charge in [0.2, 0.25) is 0 Å². The highest BCUT2D eigenvalue weighted by Crippen LogP contribution is 2.19. The van der Waals surface area contributed by atoms with Gasteiger partial charge in [0.15, 0.2) is 0 Å². The Morgan fingerprint density at radius 1 is 1.25 bits per heavy atom. The largest absolute Gasteiger partial charge is 0.385 e. The number of nitrogen functional groups attached to an aromatic ring is 1. The van der Waals surface area contributed by atoms with E-state index in [2.05, 4.69) is 4.98 Å². The van der Waals surface area contributed by atoms with Crippen LogP contribution in [0, 0.1) is 0 Å². The van der Waals surface area contributed by atoms with Crippen molar-refractivity contribution in [3.05, 3.63) is 56.2 Å². The molecule has 0 fully saturated rings. The Labute approximate surface area is 95.1 Å². The smallest absolute Gasteiger partial charge is 0.334 e. The summed E-state index contributed by atoms with van der Waals surface area (Å²) in [5, 5.41) is 0.378. The summed E-state index contributed by atoms with van der Waals surface area (Å²) in [5.41, 5.74) is 4.89. The van der Waals surface area contributed by atoms with Gasteiger partial charge >= 0.3 is 5.69 Å². The predicted octanol–water partition coefficient (Wildman–Crippen LogP) is 0.761. The maximum Gasteiger partial charge on any atom is 0.334 e. The first-order valence-corrected chi connectivity index (χ1v) is 4.84. The zero-order chi connectivity index (χ0) is 11.7. The average Bonchev–Trinajstić information content (AvgIpc) is 2.19. The molecule has 2 aromatic rings. The second kappa shape index (κ2) is 3.86. The number of anilines is 1. The molecule has 0 bridgehead atoms. The van der Waals surface area contributed by atoms with E-state index in [1.54, 1.807) is 24.3 Å². The summed E-state index contributed by atoms with van der Waals surface area (Å²) in [7, 11) is 0. The number of benzene rings is 1. The SMILES string of the molecule is Nc1cc(=O)[nH]c(=O)n1-c1ccccc1Cl. The summed E-state index contributed by atoms with van der Waals surface area (Å²) in [6.45, 7) is 0. The molecule has 0 aliphatic rings. The number of para-hydroxylation sites is 1. The number of nitrogens with two attached hydrogens (primary N) is 1. The molecule has 1 aromatic heterocycles. The molecular formula is C10H8ClN3O2. The highest BCUT2D eigenvalue weighted by atomic mass is 35.5. The van der Waals surface area contributed by atoms with Gasteiger partial charge in [-0.3, -0.25) is 9.78 Å². The minimum atomic E-state index is -0.613. The van der Waals surface area contributed by atoms with Crippen molar-refractivity contribution in [2.75, 3.05) is 5.73 Å². The minimum Gasteiger partial charge on any atom is -0.385 e. The molecule has 0 spiro atoms. The number of aromatic amines is 1. The van der Waals surface area contributed by atoms with Crippen molar-refractivity contribution in [3.63, 3.8) is 0 Å². The van der Waals surface area contributed by atoms with Crippen LogP contribution in [0.4, 0.5) is 5.82 Å². The van der Waals surface area contributed by atoms with E-state index < -0.39 is 11.2 Å². The lowest BCUT2D eigenvalue weighted by atomic mass is 10.3. The van der Waals surface area contributed by atoms with Crippen molar-refractivity contribution < 1.29 is 0 Å². The van der Waals surface area contributed by atoms with Crippen molar-refractivity contribution >= 4 is 17.4 Å². The number of nitrogens with zero attached hydrogens (tertiary/aromatic N) is 1. The molecule has 0 saturated carbocycles. The number of aromatic nitrogens is 2. The normalized spacial score (nSPS) is 10.3. The Morgan fingerprint density at radius 2 is 1.94 bits per heavy atom. The van der Waals surface area contributed by atoms with E-state index in [9.17, 15) is 9.59 Å². The Bertz CT molecular complexity index is 645. The Kier molecular flexibility index (Phi) is 2.54. The van der Waals surface area contributed by atoms with Crippen LogP contribution in [0.3, 0.4) is 0 Å². The van der Waals surface area contributed by atoms with E-state index in [1.807, 2.05) is 0 Å². The second-order valence-electron chi connectivity index (χ2n) is 3.15. The van der Waals surface area contributed by atoms with Crippen molar-refractivity contribution in [1.82, 2.24) is 9.55 Å². The lowest BCUT2D eigenvalue weighted by Gasteiger charge is -2.09. The molecule has 3 N–H and O–H groups in total. The van der Waals surface area contributed by atoms with Crippen LogP contribution in [0.2, 0.25) is 5.02 Å². The molecule has 0 aliphatic heterocycles. The minimum absolute atomic E-state index is 0.0434. The van der Waals surface area contributed by atoms with E-state index in [-0.39, 0.29) is 5.82 Å². The highest BCUT2D eigenvalue weighted by Gasteiger charge is 2.08. The number of rotatable bonds is 1. The molecule has 1 heterocycles. The van der Waals surface area contributed by atoms with Gasteiger partial charge in [-0.1, -0.05) is 23.7 Å². The Hall–Kier alpha value is -2.01. The molecule has 82 valence electrons. The fourth-order valence-corrected chi connectivity index (χ4v) is 1.62. The van der Waals surface area contributed by atoms with Crippen LogP contribution in [0.1, 0.15) is 0 Å². The second-order valence-corrected chi connectivity index (χ2v) is 3.56. The lowest BCUT2D eigenvalue weighted by Crippen LogP contribution is -2.30. The van der Waals surface area contributed by atoms with Gasteiger partial charge in [0.05, 0.1) is 10.7 Å². The lowest BCUT2D eigenvalue weighted by molar-refractivity contribution is 0.909. The van der Waals surface area contributed by atoms with Crippen molar-refractivity contribution in [1.29, 1.82) is 0 Å². The molecule has 5 nitrogen and oxygen atoms in total. The number of nitrogens with one attached hydrogen (secondary N) is 1. The standard InChI is InChI=1S/C10H8ClN3O2/c11-6-3-1-2-4-7(6)14-8(12)5-9(15)13-10(14)16/h1-5H,12H2,(H,13,15,16). The third kappa shape index (κ3) is 1.72. The number of H-pyrrole nitrogens is 1. The number of hydrogen-bond acceptors (Lipinski definition) is 3. The van der Waals surface area contributed by atoms with E-state index in [0.717, 1.165) is 10.6 Å². The summed E-state index contributed by atoms with van der Waals surface area (Å²) in [6, 6.07) is 7.86. The maximum atomic E-state index is 11.6. The van der Waals surface area contributed by atoms with Gasteiger partial charge < -0.3 is 5.73 Å². The average molecular weight is 238 g/mol. The van der Waals surface area contributed by atoms with Gasteiger partial charge in [-0.05, 0) is 12.1 Å². The van der Waals surface area contributed by atoms with Crippen molar-refractivity contribution in [2.45, 2.75) is 0 Å². The molecule has 0 aliphatic carbocycles. The van der Waals surface area contributed by atoms with E-state index in [4.69, 9.17) is 17.3 Å². The molecule has 0 amide bonds. The van der Waals surface area contributed by atoms with Gasteiger partial charge in [-0.15, -0.1) is 0 Å². The van der Waals surface area contributed by atoms with E-state index >= 15 is 0 Å². The summed E-state index contributed by atoms with van der Waals surface area (Å²) in [4.78, 5) is 24.7. The van der Waals surface area contributed by atoms with E-state index in [1.165, 1.54) is 0 Å². The number of halogens is 1. The summed E-state index contributed by atoms with van der Waals surface area (Å²) < 4.78 is 1.14. The van der Waals surface area contributed by atoms with Gasteiger partial charge in [-0.25, -0.2) is 9.36 Å². The summed E-state index contributed by atoms with van der Waals surface area (Å²) in [6.07, 6.45) is 0. The monoisotopic (exact) mass is 237 g/mol. The number of hydrogen-bond donors (Lipinski definition) is 2. The van der Waals surface area contributed by atoms with Gasteiger partial charge in [0.1, 0.15) is 5.82 Å². The van der Waals surface area contributed by atoms with Crippen LogP contribution in [0.5, 0.6) is 0 Å². The van der Waals surface area contributed by atoms with Crippen molar-refractivity contribution in [3.8, 4) is 5.69 Å². The Balaban J connectivity index is 2.80. The van der Waals surface area contributed by atoms with Gasteiger partial charge in [-0.2, -0.15) is 0 Å². The van der Waals surface area contributed by atoms with Gasteiger partial charge in [0, 0.05) is 6.07 Å². The fraction of sp³-hybridized carbons (Fsp3) is 0. The zero-order valence-corrected chi connectivity index (χ0v) is 8.86. The molecule has 2 rings (SSSR count). The van der Waals surface area contributed by atoms with Crippen LogP contribution in [-0.2, 0) is 0 Å². The first-order chi connectivity index (χ1) is 7.59. The van der Waals surface area contributed by atoms with Crippen LogP contribution >= 0.6 is 11.6 Å². The molecule has 16 heavy (non-hydrogen) atoms. The third-order valence-corrected chi connectivity index (χ3v) is 2.38. The van der Waals surface area contributed by atoms with Crippen LogP contribution in [0.25, 0.3) is 5.69 Å². The van der Waals surface area contributed by atoms with Gasteiger partial charge in [0.25, 0.3) is 5.56 Å². The molecular weight excluding hydrogens is 230 g/mol. The molecule has 0 atom stereocenters. The van der Waals surface area contributed by atoms with Crippen LogP contribution < -0.4 is 17.0 Å². The predicted molar refractivity (Wildman–Crippen MR) is 62.1 cm³/mol.